The Hall–Kier alpha value is -0.550. The number of carbonyl (C=O) groups excluding carboxylic acids is 1. The van der Waals surface area contributed by atoms with Crippen LogP contribution in [0.4, 0.5) is 0 Å². The van der Waals surface area contributed by atoms with Crippen LogP contribution in [-0.2, 0) is 11.3 Å². The Bertz CT molecular complexity index is 444. The molecule has 0 aromatic carbocycles. The van der Waals surface area contributed by atoms with E-state index in [0.717, 1.165) is 35.1 Å². The molecule has 0 bridgehead atoms. The number of amides is 1. The second-order valence-corrected chi connectivity index (χ2v) is 6.56. The zero-order valence-electron chi connectivity index (χ0n) is 11.3. The molecule has 0 unspecified atom stereocenters. The van der Waals surface area contributed by atoms with Gasteiger partial charge in [-0.1, -0.05) is 17.7 Å². The van der Waals surface area contributed by atoms with Gasteiger partial charge >= 0.3 is 0 Å². The van der Waals surface area contributed by atoms with Crippen molar-refractivity contribution in [2.24, 2.45) is 5.92 Å². The first-order chi connectivity index (χ1) is 9.20. The van der Waals surface area contributed by atoms with Gasteiger partial charge in [-0.3, -0.25) is 4.79 Å². The molecule has 1 fully saturated rings. The topological polar surface area (TPSA) is 32.3 Å². The van der Waals surface area contributed by atoms with Crippen molar-refractivity contribution < 1.29 is 4.79 Å². The third kappa shape index (κ3) is 4.77. The average Bonchev–Trinajstić information content (AvgIpc) is 2.84. The fourth-order valence-electron chi connectivity index (χ4n) is 2.33. The van der Waals surface area contributed by atoms with E-state index in [1.54, 1.807) is 6.08 Å². The smallest absolute Gasteiger partial charge is 0.227 e. The number of thiophene rings is 1. The van der Waals surface area contributed by atoms with Gasteiger partial charge in [0.05, 0.1) is 16.8 Å². The number of piperidine rings is 1. The minimum atomic E-state index is 0. The van der Waals surface area contributed by atoms with Gasteiger partial charge in [0, 0.05) is 18.0 Å². The molecule has 0 radical (unpaired) electrons. The summed E-state index contributed by atoms with van der Waals surface area (Å²) in [5.41, 5.74) is 0. The summed E-state index contributed by atoms with van der Waals surface area (Å²) in [6.45, 7) is 6.76. The van der Waals surface area contributed by atoms with Gasteiger partial charge in [0.1, 0.15) is 0 Å². The van der Waals surface area contributed by atoms with E-state index in [4.69, 9.17) is 11.6 Å². The van der Waals surface area contributed by atoms with Crippen LogP contribution in [0.5, 0.6) is 0 Å². The normalized spacial score (nSPS) is 18.1. The highest BCUT2D eigenvalue weighted by molar-refractivity contribution is 7.16. The van der Waals surface area contributed by atoms with E-state index >= 15 is 0 Å². The van der Waals surface area contributed by atoms with Gasteiger partial charge in [-0.2, -0.15) is 0 Å². The molecule has 1 aromatic rings. The third-order valence-corrected chi connectivity index (χ3v) is 4.50. The Labute approximate surface area is 135 Å². The predicted molar refractivity (Wildman–Crippen MR) is 87.8 cm³/mol. The molecule has 1 aliphatic heterocycles. The molecule has 1 atom stereocenters. The predicted octanol–water partition coefficient (Wildman–Crippen LogP) is 3.34. The molecule has 6 heteroatoms. The Balaban J connectivity index is 0.00000200. The number of halogens is 2. The molecule has 3 nitrogen and oxygen atoms in total. The largest absolute Gasteiger partial charge is 0.334 e. The molecule has 0 saturated carbocycles. The molecule has 1 aliphatic rings. The second-order valence-electron chi connectivity index (χ2n) is 4.76. The average molecular weight is 335 g/mol. The molecule has 0 aliphatic carbocycles. The Morgan fingerprint density at radius 2 is 2.40 bits per heavy atom. The number of nitrogens with zero attached hydrogens (tertiary/aromatic N) is 1. The highest BCUT2D eigenvalue weighted by Crippen LogP contribution is 2.24. The first kappa shape index (κ1) is 17.5. The van der Waals surface area contributed by atoms with E-state index in [9.17, 15) is 4.79 Å². The Morgan fingerprint density at radius 1 is 1.60 bits per heavy atom. The lowest BCUT2D eigenvalue weighted by atomic mass is 9.98. The maximum Gasteiger partial charge on any atom is 0.227 e. The van der Waals surface area contributed by atoms with E-state index in [2.05, 4.69) is 11.9 Å². The summed E-state index contributed by atoms with van der Waals surface area (Å²) in [6, 6.07) is 3.86. The quantitative estimate of drug-likeness (QED) is 0.837. The third-order valence-electron chi connectivity index (χ3n) is 3.28. The lowest BCUT2D eigenvalue weighted by molar-refractivity contribution is -0.136. The highest BCUT2D eigenvalue weighted by atomic mass is 35.5. The van der Waals surface area contributed by atoms with E-state index in [-0.39, 0.29) is 24.2 Å². The summed E-state index contributed by atoms with van der Waals surface area (Å²) in [7, 11) is 0. The molecule has 1 amide bonds. The van der Waals surface area contributed by atoms with Crippen molar-refractivity contribution in [1.29, 1.82) is 0 Å². The van der Waals surface area contributed by atoms with Gasteiger partial charge in [-0.15, -0.1) is 30.3 Å². The highest BCUT2D eigenvalue weighted by Gasteiger charge is 2.25. The van der Waals surface area contributed by atoms with Gasteiger partial charge in [0.15, 0.2) is 0 Å². The minimum absolute atomic E-state index is 0. The lowest BCUT2D eigenvalue weighted by Gasteiger charge is -2.28. The summed E-state index contributed by atoms with van der Waals surface area (Å²) >= 11 is 7.46. The van der Waals surface area contributed by atoms with Gasteiger partial charge in [0.2, 0.25) is 5.91 Å². The number of hydrogen-bond donors (Lipinski definition) is 1. The van der Waals surface area contributed by atoms with Gasteiger partial charge < -0.3 is 10.2 Å². The summed E-state index contributed by atoms with van der Waals surface area (Å²) in [4.78, 5) is 15.5. The van der Waals surface area contributed by atoms with E-state index < -0.39 is 0 Å². The number of carbonyl (C=O) groups is 1. The number of rotatable bonds is 5. The van der Waals surface area contributed by atoms with Crippen molar-refractivity contribution in [2.45, 2.75) is 19.4 Å². The number of nitrogens with one attached hydrogen (secondary N) is 1. The van der Waals surface area contributed by atoms with E-state index in [1.165, 1.54) is 11.3 Å². The summed E-state index contributed by atoms with van der Waals surface area (Å²) in [6.07, 6.45) is 3.83. The molecule has 1 aromatic heterocycles. The SMILES string of the molecule is C=CCN(Cc1ccc(Cl)s1)C(=O)[C@@H]1CCCNC1.Cl. The van der Waals surface area contributed by atoms with E-state index in [0.29, 0.717) is 13.1 Å². The van der Waals surface area contributed by atoms with Crippen LogP contribution in [0, 0.1) is 5.92 Å². The molecule has 1 N–H and O–H groups in total. The summed E-state index contributed by atoms with van der Waals surface area (Å²) in [5, 5.41) is 3.29. The minimum Gasteiger partial charge on any atom is -0.334 e. The fourth-order valence-corrected chi connectivity index (χ4v) is 3.44. The van der Waals surface area contributed by atoms with Crippen molar-refractivity contribution in [3.63, 3.8) is 0 Å². The van der Waals surface area contributed by atoms with Crippen LogP contribution in [0.3, 0.4) is 0 Å². The molecule has 112 valence electrons. The van der Waals surface area contributed by atoms with Crippen LogP contribution < -0.4 is 5.32 Å². The zero-order chi connectivity index (χ0) is 13.7. The first-order valence-electron chi connectivity index (χ1n) is 6.55. The van der Waals surface area contributed by atoms with E-state index in [1.807, 2.05) is 17.0 Å². The summed E-state index contributed by atoms with van der Waals surface area (Å²) in [5.74, 6) is 0.320. The molecular formula is C14H20Cl2N2OS. The fraction of sp³-hybridized carbons (Fsp3) is 0.500. The van der Waals surface area contributed by atoms with Crippen LogP contribution in [0.25, 0.3) is 0 Å². The molecular weight excluding hydrogens is 315 g/mol. The Morgan fingerprint density at radius 3 is 2.95 bits per heavy atom. The second kappa shape index (κ2) is 8.67. The van der Waals surface area contributed by atoms with Crippen LogP contribution in [-0.4, -0.2) is 30.4 Å². The van der Waals surface area contributed by atoms with Gasteiger partial charge in [0.25, 0.3) is 0 Å². The van der Waals surface area contributed by atoms with Crippen LogP contribution in [0.2, 0.25) is 4.34 Å². The zero-order valence-corrected chi connectivity index (χ0v) is 13.7. The van der Waals surface area contributed by atoms with Crippen molar-refractivity contribution in [2.75, 3.05) is 19.6 Å². The molecule has 20 heavy (non-hydrogen) atoms. The van der Waals surface area contributed by atoms with Crippen LogP contribution >= 0.6 is 35.3 Å². The van der Waals surface area contributed by atoms with Crippen molar-refractivity contribution in [3.05, 3.63) is 34.0 Å². The maximum atomic E-state index is 12.5. The number of hydrogen-bond acceptors (Lipinski definition) is 3. The van der Waals surface area contributed by atoms with Crippen molar-refractivity contribution >= 4 is 41.3 Å². The monoisotopic (exact) mass is 334 g/mol. The Kier molecular flexibility index (Phi) is 7.59. The van der Waals surface area contributed by atoms with Crippen LogP contribution in [0.15, 0.2) is 24.8 Å². The maximum absolute atomic E-state index is 12.5. The standard InChI is InChI=1S/C14H19ClN2OS.ClH/c1-2-8-17(10-12-5-6-13(15)19-12)14(18)11-4-3-7-16-9-11;/h2,5-6,11,16H,1,3-4,7-10H2;1H/t11-;/m1./s1. The van der Waals surface area contributed by atoms with Crippen molar-refractivity contribution in [3.8, 4) is 0 Å². The molecule has 2 rings (SSSR count). The summed E-state index contributed by atoms with van der Waals surface area (Å²) < 4.78 is 0.764. The molecule has 1 saturated heterocycles. The first-order valence-corrected chi connectivity index (χ1v) is 7.74. The van der Waals surface area contributed by atoms with Gasteiger partial charge in [-0.05, 0) is 31.5 Å². The lowest BCUT2D eigenvalue weighted by Crippen LogP contribution is -2.42. The van der Waals surface area contributed by atoms with Crippen LogP contribution in [0.1, 0.15) is 17.7 Å². The van der Waals surface area contributed by atoms with Crippen molar-refractivity contribution in [1.82, 2.24) is 10.2 Å². The van der Waals surface area contributed by atoms with Gasteiger partial charge in [-0.25, -0.2) is 0 Å². The molecule has 0 spiro atoms. The molecule has 2 heterocycles.